The molecule has 33 heavy (non-hydrogen) atoms. The molecule has 1 amide bonds. The zero-order valence-corrected chi connectivity index (χ0v) is 17.5. The van der Waals surface area contributed by atoms with Gasteiger partial charge in [-0.3, -0.25) is 14.5 Å². The van der Waals surface area contributed by atoms with Crippen LogP contribution in [0.5, 0.6) is 0 Å². The Morgan fingerprint density at radius 1 is 0.939 bits per heavy atom. The van der Waals surface area contributed by atoms with Gasteiger partial charge in [-0.1, -0.05) is 23.7 Å². The van der Waals surface area contributed by atoms with Crippen LogP contribution in [0.3, 0.4) is 0 Å². The second-order valence-corrected chi connectivity index (χ2v) is 7.93. The minimum atomic E-state index is -1.09. The second-order valence-electron chi connectivity index (χ2n) is 7.49. The van der Waals surface area contributed by atoms with E-state index >= 15 is 0 Å². The summed E-state index contributed by atoms with van der Waals surface area (Å²) in [5.74, 6) is -3.46. The van der Waals surface area contributed by atoms with Gasteiger partial charge in [0, 0.05) is 16.1 Å². The summed E-state index contributed by atoms with van der Waals surface area (Å²) < 4.78 is 32.7. The molecule has 164 valence electrons. The van der Waals surface area contributed by atoms with Crippen molar-refractivity contribution in [3.63, 3.8) is 0 Å². The third-order valence-corrected chi connectivity index (χ3v) is 5.68. The lowest BCUT2D eigenvalue weighted by Gasteiger charge is -2.26. The molecule has 0 spiro atoms. The number of anilines is 1. The lowest BCUT2D eigenvalue weighted by atomic mass is 9.94. The van der Waals surface area contributed by atoms with E-state index < -0.39 is 35.1 Å². The van der Waals surface area contributed by atoms with Crippen LogP contribution in [-0.4, -0.2) is 16.8 Å². The molecule has 0 fully saturated rings. The van der Waals surface area contributed by atoms with Crippen LogP contribution in [0, 0.1) is 11.6 Å². The number of benzene rings is 3. The SMILES string of the molecule is O=C(C1=C(O)C(=O)N(c2ccc(F)cc2)C1c1ccc(F)cc1)c1cc2cc(Cl)ccc2o1. The van der Waals surface area contributed by atoms with Crippen LogP contribution >= 0.6 is 11.6 Å². The third-order valence-electron chi connectivity index (χ3n) is 5.45. The molecule has 3 aromatic carbocycles. The van der Waals surface area contributed by atoms with Gasteiger partial charge in [-0.25, -0.2) is 8.78 Å². The van der Waals surface area contributed by atoms with Crippen molar-refractivity contribution >= 4 is 39.9 Å². The number of fused-ring (bicyclic) bond motifs is 1. The topological polar surface area (TPSA) is 70.8 Å². The third kappa shape index (κ3) is 3.56. The largest absolute Gasteiger partial charge is 0.503 e. The van der Waals surface area contributed by atoms with E-state index in [4.69, 9.17) is 16.0 Å². The van der Waals surface area contributed by atoms with Crippen LogP contribution in [0.1, 0.15) is 22.2 Å². The van der Waals surface area contributed by atoms with Crippen molar-refractivity contribution in [3.8, 4) is 0 Å². The number of nitrogens with zero attached hydrogens (tertiary/aromatic N) is 1. The van der Waals surface area contributed by atoms with Crippen molar-refractivity contribution in [1.82, 2.24) is 0 Å². The highest BCUT2D eigenvalue weighted by molar-refractivity contribution is 6.31. The van der Waals surface area contributed by atoms with Crippen molar-refractivity contribution in [1.29, 1.82) is 0 Å². The molecule has 0 saturated carbocycles. The molecule has 1 aliphatic heterocycles. The number of hydrogen-bond acceptors (Lipinski definition) is 4. The molecule has 1 aliphatic rings. The molecule has 0 aliphatic carbocycles. The Bertz CT molecular complexity index is 1440. The summed E-state index contributed by atoms with van der Waals surface area (Å²) in [7, 11) is 0. The second kappa shape index (κ2) is 7.86. The normalized spacial score (nSPS) is 16.2. The van der Waals surface area contributed by atoms with Gasteiger partial charge in [0.25, 0.3) is 5.91 Å². The van der Waals surface area contributed by atoms with Gasteiger partial charge < -0.3 is 9.52 Å². The molecule has 0 radical (unpaired) electrons. The van der Waals surface area contributed by atoms with E-state index in [1.165, 1.54) is 42.5 Å². The number of furan rings is 1. The molecule has 1 aromatic heterocycles. The lowest BCUT2D eigenvalue weighted by molar-refractivity contribution is -0.117. The fraction of sp³-hybridized carbons (Fsp3) is 0.0400. The zero-order valence-electron chi connectivity index (χ0n) is 16.8. The maximum Gasteiger partial charge on any atom is 0.294 e. The highest BCUT2D eigenvalue weighted by Gasteiger charge is 2.45. The molecule has 1 atom stereocenters. The highest BCUT2D eigenvalue weighted by atomic mass is 35.5. The molecule has 8 heteroatoms. The number of rotatable bonds is 4. The zero-order chi connectivity index (χ0) is 23.3. The monoisotopic (exact) mass is 465 g/mol. The van der Waals surface area contributed by atoms with Gasteiger partial charge in [0.1, 0.15) is 17.2 Å². The van der Waals surface area contributed by atoms with Crippen molar-refractivity contribution < 1.29 is 27.9 Å². The summed E-state index contributed by atoms with van der Waals surface area (Å²) in [4.78, 5) is 27.7. The van der Waals surface area contributed by atoms with E-state index in [1.54, 1.807) is 18.2 Å². The van der Waals surface area contributed by atoms with Crippen LogP contribution in [0.25, 0.3) is 11.0 Å². The first-order chi connectivity index (χ1) is 15.8. The standard InChI is InChI=1S/C25H14ClF2NO4/c26-15-3-10-19-14(11-15)12-20(33-19)23(30)21-22(13-1-4-16(27)5-2-13)29(25(32)24(21)31)18-8-6-17(28)7-9-18/h1-12,22,31H. The average Bonchev–Trinajstić information content (AvgIpc) is 3.33. The molecule has 1 N–H and O–H groups in total. The van der Waals surface area contributed by atoms with Crippen LogP contribution in [0.4, 0.5) is 14.5 Å². The number of carbonyl (C=O) groups is 2. The van der Waals surface area contributed by atoms with Gasteiger partial charge in [0.15, 0.2) is 11.5 Å². The molecule has 5 rings (SSSR count). The van der Waals surface area contributed by atoms with E-state index in [9.17, 15) is 23.5 Å². The first-order valence-corrected chi connectivity index (χ1v) is 10.2. The molecule has 5 nitrogen and oxygen atoms in total. The van der Waals surface area contributed by atoms with Gasteiger partial charge in [-0.15, -0.1) is 0 Å². The van der Waals surface area contributed by atoms with E-state index in [1.807, 2.05) is 0 Å². The summed E-state index contributed by atoms with van der Waals surface area (Å²) in [6, 6.07) is 15.4. The summed E-state index contributed by atoms with van der Waals surface area (Å²) in [6.45, 7) is 0. The Balaban J connectivity index is 1.65. The Morgan fingerprint density at radius 2 is 1.58 bits per heavy atom. The smallest absolute Gasteiger partial charge is 0.294 e. The van der Waals surface area contributed by atoms with Crippen molar-refractivity contribution in [3.05, 3.63) is 112 Å². The first kappa shape index (κ1) is 20.9. The maximum absolute atomic E-state index is 13.6. The van der Waals surface area contributed by atoms with E-state index in [2.05, 4.69) is 0 Å². The molecular weight excluding hydrogens is 452 g/mol. The van der Waals surface area contributed by atoms with E-state index in [0.717, 1.165) is 17.0 Å². The molecular formula is C25H14ClF2NO4. The van der Waals surface area contributed by atoms with Crippen LogP contribution in [0.15, 0.2) is 88.5 Å². The fourth-order valence-electron chi connectivity index (χ4n) is 3.92. The van der Waals surface area contributed by atoms with E-state index in [0.29, 0.717) is 21.6 Å². The molecule has 4 aromatic rings. The molecule has 0 saturated heterocycles. The number of ketones is 1. The molecule has 0 bridgehead atoms. The van der Waals surface area contributed by atoms with Crippen molar-refractivity contribution in [2.24, 2.45) is 0 Å². The Hall–Kier alpha value is -3.97. The lowest BCUT2D eigenvalue weighted by Crippen LogP contribution is -2.31. The Labute approximate surface area is 191 Å². The van der Waals surface area contributed by atoms with E-state index in [-0.39, 0.29) is 17.0 Å². The van der Waals surface area contributed by atoms with Gasteiger partial charge in [-0.05, 0) is 66.2 Å². The summed E-state index contributed by atoms with van der Waals surface area (Å²) >= 11 is 6.01. The Kier molecular flexibility index (Phi) is 4.98. The molecule has 1 unspecified atom stereocenters. The minimum absolute atomic E-state index is 0.102. The van der Waals surface area contributed by atoms with Gasteiger partial charge in [0.2, 0.25) is 5.78 Å². The predicted molar refractivity (Wildman–Crippen MR) is 118 cm³/mol. The first-order valence-electron chi connectivity index (χ1n) is 9.85. The van der Waals surface area contributed by atoms with Gasteiger partial charge in [-0.2, -0.15) is 0 Å². The minimum Gasteiger partial charge on any atom is -0.503 e. The number of aliphatic hydroxyl groups is 1. The number of hydrogen-bond donors (Lipinski definition) is 1. The number of halogens is 3. The fourth-order valence-corrected chi connectivity index (χ4v) is 4.11. The predicted octanol–water partition coefficient (Wildman–Crippen LogP) is 6.15. The molecule has 2 heterocycles. The van der Waals surface area contributed by atoms with Crippen molar-refractivity contribution in [2.45, 2.75) is 6.04 Å². The average molecular weight is 466 g/mol. The number of amides is 1. The summed E-state index contributed by atoms with van der Waals surface area (Å²) in [5, 5.41) is 11.8. The van der Waals surface area contributed by atoms with Crippen LogP contribution in [0.2, 0.25) is 5.02 Å². The number of carbonyl (C=O) groups excluding carboxylic acids is 2. The summed E-state index contributed by atoms with van der Waals surface area (Å²) in [5.41, 5.74) is 0.795. The quantitative estimate of drug-likeness (QED) is 0.367. The van der Waals surface area contributed by atoms with Crippen molar-refractivity contribution in [2.75, 3.05) is 4.90 Å². The number of aliphatic hydroxyl groups excluding tert-OH is 1. The van der Waals surface area contributed by atoms with Gasteiger partial charge >= 0.3 is 0 Å². The summed E-state index contributed by atoms with van der Waals surface area (Å²) in [6.07, 6.45) is 0. The number of Topliss-reactive ketones (excluding diaryl/α,β-unsaturated/α-hetero) is 1. The Morgan fingerprint density at radius 3 is 2.24 bits per heavy atom. The van der Waals surface area contributed by atoms with Crippen LogP contribution < -0.4 is 4.90 Å². The highest BCUT2D eigenvalue weighted by Crippen LogP contribution is 2.42. The maximum atomic E-state index is 13.6. The van der Waals surface area contributed by atoms with Gasteiger partial charge in [0.05, 0.1) is 11.6 Å². The van der Waals surface area contributed by atoms with Crippen LogP contribution in [-0.2, 0) is 4.79 Å².